The Morgan fingerprint density at radius 2 is 2.00 bits per heavy atom. The number of aromatic amines is 1. The molecular formula is C15H14F2N4OS. The highest BCUT2D eigenvalue weighted by Gasteiger charge is 2.20. The van der Waals surface area contributed by atoms with Crippen molar-refractivity contribution in [3.05, 3.63) is 63.3 Å². The second-order valence-electron chi connectivity index (χ2n) is 5.46. The van der Waals surface area contributed by atoms with E-state index in [0.29, 0.717) is 5.82 Å². The van der Waals surface area contributed by atoms with E-state index >= 15 is 0 Å². The standard InChI is InChI=1S/C15H14F2N4OS/c1-7(2)14-19-15-18-10(6-11(22)21(15)20-14)13(23)8-4-3-5-9(16)12(8)17/h3-7,13,23H,1-2H3,(H,18,19,20). The molecule has 1 N–H and O–H groups in total. The molecule has 1 atom stereocenters. The van der Waals surface area contributed by atoms with Crippen molar-refractivity contribution < 1.29 is 8.78 Å². The van der Waals surface area contributed by atoms with Crippen molar-refractivity contribution in [3.63, 3.8) is 0 Å². The van der Waals surface area contributed by atoms with E-state index in [1.54, 1.807) is 0 Å². The van der Waals surface area contributed by atoms with Gasteiger partial charge in [0.05, 0.1) is 10.9 Å². The van der Waals surface area contributed by atoms with Crippen LogP contribution < -0.4 is 5.56 Å². The normalized spacial score (nSPS) is 13.0. The molecule has 0 aliphatic carbocycles. The monoisotopic (exact) mass is 336 g/mol. The molecule has 0 radical (unpaired) electrons. The zero-order chi connectivity index (χ0) is 16.7. The van der Waals surface area contributed by atoms with E-state index < -0.39 is 16.9 Å². The number of rotatable bonds is 3. The highest BCUT2D eigenvalue weighted by atomic mass is 32.1. The Hall–Kier alpha value is -2.22. The summed E-state index contributed by atoms with van der Waals surface area (Å²) < 4.78 is 28.5. The Bertz CT molecular complexity index is 935. The zero-order valence-electron chi connectivity index (χ0n) is 12.4. The fraction of sp³-hybridized carbons (Fsp3) is 0.267. The van der Waals surface area contributed by atoms with Crippen molar-refractivity contribution in [1.82, 2.24) is 19.6 Å². The van der Waals surface area contributed by atoms with Gasteiger partial charge in [0.25, 0.3) is 11.3 Å². The highest BCUT2D eigenvalue weighted by Crippen LogP contribution is 2.29. The molecule has 0 amide bonds. The molecule has 2 aromatic heterocycles. The minimum absolute atomic E-state index is 0.0178. The van der Waals surface area contributed by atoms with E-state index in [1.165, 1.54) is 22.7 Å². The number of H-pyrrole nitrogens is 1. The lowest BCUT2D eigenvalue weighted by Gasteiger charge is -2.11. The number of hydrogen-bond donors (Lipinski definition) is 2. The van der Waals surface area contributed by atoms with Gasteiger partial charge in [-0.25, -0.2) is 13.8 Å². The summed E-state index contributed by atoms with van der Waals surface area (Å²) in [6.07, 6.45) is 0. The maximum absolute atomic E-state index is 13.9. The molecule has 0 bridgehead atoms. The van der Waals surface area contributed by atoms with Crippen LogP contribution in [0.5, 0.6) is 0 Å². The molecule has 5 nitrogen and oxygen atoms in total. The summed E-state index contributed by atoms with van der Waals surface area (Å²) >= 11 is 4.29. The molecule has 2 heterocycles. The van der Waals surface area contributed by atoms with Gasteiger partial charge in [-0.2, -0.15) is 22.1 Å². The van der Waals surface area contributed by atoms with Gasteiger partial charge in [0.15, 0.2) is 11.6 Å². The van der Waals surface area contributed by atoms with Crippen LogP contribution in [0.3, 0.4) is 0 Å². The van der Waals surface area contributed by atoms with Crippen molar-refractivity contribution in [2.24, 2.45) is 0 Å². The topological polar surface area (TPSA) is 63.1 Å². The van der Waals surface area contributed by atoms with Crippen molar-refractivity contribution in [1.29, 1.82) is 0 Å². The first-order chi connectivity index (χ1) is 10.9. The summed E-state index contributed by atoms with van der Waals surface area (Å²) in [4.78, 5) is 20.7. The number of benzene rings is 1. The Morgan fingerprint density at radius 3 is 2.70 bits per heavy atom. The Kier molecular flexibility index (Phi) is 3.93. The zero-order valence-corrected chi connectivity index (χ0v) is 13.3. The lowest BCUT2D eigenvalue weighted by atomic mass is 10.1. The van der Waals surface area contributed by atoms with Crippen LogP contribution in [-0.4, -0.2) is 19.6 Å². The van der Waals surface area contributed by atoms with Gasteiger partial charge in [-0.3, -0.25) is 9.89 Å². The van der Waals surface area contributed by atoms with E-state index in [2.05, 4.69) is 27.7 Å². The Labute approximate surface area is 135 Å². The second-order valence-corrected chi connectivity index (χ2v) is 5.98. The van der Waals surface area contributed by atoms with Crippen LogP contribution in [0.15, 0.2) is 29.1 Å². The van der Waals surface area contributed by atoms with Crippen molar-refractivity contribution >= 4 is 18.4 Å². The first-order valence-electron chi connectivity index (χ1n) is 7.00. The van der Waals surface area contributed by atoms with Gasteiger partial charge in [0.1, 0.15) is 5.82 Å². The Balaban J connectivity index is 2.12. The van der Waals surface area contributed by atoms with Gasteiger partial charge in [-0.15, -0.1) is 0 Å². The van der Waals surface area contributed by atoms with Crippen LogP contribution in [0.4, 0.5) is 8.78 Å². The minimum Gasteiger partial charge on any atom is -0.275 e. The molecule has 0 fully saturated rings. The number of hydrogen-bond acceptors (Lipinski definition) is 4. The third kappa shape index (κ3) is 2.74. The fourth-order valence-electron chi connectivity index (χ4n) is 2.20. The largest absolute Gasteiger partial charge is 0.275 e. The summed E-state index contributed by atoms with van der Waals surface area (Å²) in [6, 6.07) is 5.04. The first kappa shape index (κ1) is 15.7. The molecule has 120 valence electrons. The predicted molar refractivity (Wildman–Crippen MR) is 84.9 cm³/mol. The lowest BCUT2D eigenvalue weighted by Crippen LogP contribution is -2.17. The first-order valence-corrected chi connectivity index (χ1v) is 7.51. The molecular weight excluding hydrogens is 322 g/mol. The average molecular weight is 336 g/mol. The van der Waals surface area contributed by atoms with Gasteiger partial charge in [0, 0.05) is 17.5 Å². The molecule has 3 rings (SSSR count). The predicted octanol–water partition coefficient (Wildman–Crippen LogP) is 2.84. The van der Waals surface area contributed by atoms with Crippen LogP contribution in [0, 0.1) is 11.6 Å². The molecule has 1 aromatic carbocycles. The molecule has 0 saturated carbocycles. The SMILES string of the molecule is CC(C)c1nc2nc(C(S)c3cccc(F)c3F)cc(=O)n2[nH]1. The van der Waals surface area contributed by atoms with Crippen LogP contribution in [0.2, 0.25) is 0 Å². The lowest BCUT2D eigenvalue weighted by molar-refractivity contribution is 0.500. The van der Waals surface area contributed by atoms with Crippen LogP contribution in [0.1, 0.15) is 42.1 Å². The maximum Gasteiger partial charge on any atom is 0.274 e. The summed E-state index contributed by atoms with van der Waals surface area (Å²) in [5, 5.41) is 1.99. The van der Waals surface area contributed by atoms with Crippen LogP contribution >= 0.6 is 12.6 Å². The van der Waals surface area contributed by atoms with Gasteiger partial charge in [-0.1, -0.05) is 26.0 Å². The molecule has 8 heteroatoms. The molecule has 0 spiro atoms. The van der Waals surface area contributed by atoms with Crippen molar-refractivity contribution in [2.75, 3.05) is 0 Å². The van der Waals surface area contributed by atoms with Gasteiger partial charge >= 0.3 is 0 Å². The summed E-state index contributed by atoms with van der Waals surface area (Å²) in [5.41, 5.74) is -0.158. The van der Waals surface area contributed by atoms with Crippen LogP contribution in [-0.2, 0) is 0 Å². The smallest absolute Gasteiger partial charge is 0.274 e. The van der Waals surface area contributed by atoms with E-state index in [1.807, 2.05) is 13.8 Å². The van der Waals surface area contributed by atoms with E-state index in [4.69, 9.17) is 0 Å². The van der Waals surface area contributed by atoms with E-state index in [0.717, 1.165) is 6.07 Å². The van der Waals surface area contributed by atoms with Crippen molar-refractivity contribution in [2.45, 2.75) is 25.0 Å². The second kappa shape index (κ2) is 5.77. The molecule has 1 unspecified atom stereocenters. The summed E-state index contributed by atoms with van der Waals surface area (Å²) in [5.74, 6) is -1.10. The van der Waals surface area contributed by atoms with Gasteiger partial charge in [-0.05, 0) is 6.07 Å². The Morgan fingerprint density at radius 1 is 1.26 bits per heavy atom. The number of fused-ring (bicyclic) bond motifs is 1. The summed E-state index contributed by atoms with van der Waals surface area (Å²) in [7, 11) is 0. The van der Waals surface area contributed by atoms with Gasteiger partial charge in [0.2, 0.25) is 0 Å². The van der Waals surface area contributed by atoms with Gasteiger partial charge < -0.3 is 0 Å². The summed E-state index contributed by atoms with van der Waals surface area (Å²) in [6.45, 7) is 3.85. The molecule has 3 aromatic rings. The molecule has 23 heavy (non-hydrogen) atoms. The van der Waals surface area contributed by atoms with E-state index in [-0.39, 0.29) is 28.5 Å². The third-order valence-corrected chi connectivity index (χ3v) is 4.01. The average Bonchev–Trinajstić information content (AvgIpc) is 2.94. The number of halogens is 2. The number of aromatic nitrogens is 4. The fourth-order valence-corrected chi connectivity index (χ4v) is 2.54. The quantitative estimate of drug-likeness (QED) is 0.723. The maximum atomic E-state index is 13.9. The molecule has 0 aliphatic rings. The number of nitrogens with zero attached hydrogens (tertiary/aromatic N) is 3. The minimum atomic E-state index is -1.00. The van der Waals surface area contributed by atoms with E-state index in [9.17, 15) is 13.6 Å². The van der Waals surface area contributed by atoms with Crippen molar-refractivity contribution in [3.8, 4) is 0 Å². The third-order valence-electron chi connectivity index (χ3n) is 3.47. The number of thiol groups is 1. The number of nitrogens with one attached hydrogen (secondary N) is 1. The molecule has 0 saturated heterocycles. The highest BCUT2D eigenvalue weighted by molar-refractivity contribution is 7.80. The van der Waals surface area contributed by atoms with Crippen LogP contribution in [0.25, 0.3) is 5.78 Å². The molecule has 0 aliphatic heterocycles.